The lowest BCUT2D eigenvalue weighted by atomic mass is 10.0. The summed E-state index contributed by atoms with van der Waals surface area (Å²) < 4.78 is 57.2. The number of carbonyl (C=O) groups is 2. The van der Waals surface area contributed by atoms with Crippen molar-refractivity contribution in [1.29, 1.82) is 0 Å². The van der Waals surface area contributed by atoms with Crippen molar-refractivity contribution in [3.05, 3.63) is 59.7 Å². The highest BCUT2D eigenvalue weighted by Crippen LogP contribution is 2.26. The molecule has 1 atom stereocenters. The van der Waals surface area contributed by atoms with Crippen molar-refractivity contribution in [2.24, 2.45) is 0 Å². The van der Waals surface area contributed by atoms with Gasteiger partial charge in [-0.3, -0.25) is 9.59 Å². The zero-order chi connectivity index (χ0) is 23.3. The number of carbonyl (C=O) groups excluding carboxylic acids is 2. The Morgan fingerprint density at radius 3 is 2.47 bits per heavy atom. The molecule has 3 rings (SSSR count). The van der Waals surface area contributed by atoms with Gasteiger partial charge >= 0.3 is 6.61 Å². The minimum absolute atomic E-state index is 0.00196. The molecule has 0 bridgehead atoms. The summed E-state index contributed by atoms with van der Waals surface area (Å²) in [4.78, 5) is 24.3. The average Bonchev–Trinajstić information content (AvgIpc) is 2.78. The molecule has 172 valence electrons. The lowest BCUT2D eigenvalue weighted by Crippen LogP contribution is -2.51. The number of piperidine rings is 1. The second-order valence-electron chi connectivity index (χ2n) is 7.41. The van der Waals surface area contributed by atoms with Gasteiger partial charge in [-0.05, 0) is 38.0 Å². The molecular formula is C22H24F2N2O5S. The van der Waals surface area contributed by atoms with Crippen LogP contribution in [0.15, 0.2) is 53.4 Å². The first kappa shape index (κ1) is 23.8. The third-order valence-corrected chi connectivity index (χ3v) is 7.19. The molecule has 0 saturated carbocycles. The normalized spacial score (nSPS) is 17.2. The predicted octanol–water partition coefficient (Wildman–Crippen LogP) is 3.35. The van der Waals surface area contributed by atoms with Gasteiger partial charge < -0.3 is 10.1 Å². The third kappa shape index (κ3) is 5.49. The number of hydrogen-bond donors (Lipinski definition) is 1. The number of sulfonamides is 1. The molecule has 1 amide bonds. The van der Waals surface area contributed by atoms with Crippen LogP contribution in [0.1, 0.15) is 42.1 Å². The fourth-order valence-corrected chi connectivity index (χ4v) is 5.27. The van der Waals surface area contributed by atoms with E-state index >= 15 is 0 Å². The van der Waals surface area contributed by atoms with Crippen LogP contribution in [0, 0.1) is 0 Å². The minimum Gasteiger partial charge on any atom is -0.434 e. The summed E-state index contributed by atoms with van der Waals surface area (Å²) in [5.74, 6) is -0.748. The number of nitrogens with one attached hydrogen (secondary N) is 1. The van der Waals surface area contributed by atoms with Gasteiger partial charge in [-0.15, -0.1) is 0 Å². The molecule has 1 aliphatic heterocycles. The highest BCUT2D eigenvalue weighted by Gasteiger charge is 2.37. The number of ketones is 1. The fourth-order valence-electron chi connectivity index (χ4n) is 3.61. The van der Waals surface area contributed by atoms with Crippen molar-refractivity contribution in [1.82, 2.24) is 9.62 Å². The number of halogens is 2. The maximum atomic E-state index is 13.2. The van der Waals surface area contributed by atoms with Gasteiger partial charge in [-0.1, -0.05) is 36.8 Å². The lowest BCUT2D eigenvalue weighted by Gasteiger charge is -2.33. The molecule has 1 aliphatic rings. The number of Topliss-reactive ketones (excluding diaryl/α,β-unsaturated/α-hetero) is 1. The van der Waals surface area contributed by atoms with E-state index in [-0.39, 0.29) is 29.5 Å². The number of alkyl halides is 2. The van der Waals surface area contributed by atoms with Crippen LogP contribution in [0.4, 0.5) is 8.78 Å². The number of nitrogens with zero attached hydrogens (tertiary/aromatic N) is 1. The first-order chi connectivity index (χ1) is 15.2. The van der Waals surface area contributed by atoms with E-state index in [0.717, 1.165) is 4.31 Å². The molecule has 1 heterocycles. The van der Waals surface area contributed by atoms with Crippen molar-refractivity contribution in [2.75, 3.05) is 6.54 Å². The zero-order valence-electron chi connectivity index (χ0n) is 17.5. The van der Waals surface area contributed by atoms with E-state index in [1.807, 2.05) is 0 Å². The summed E-state index contributed by atoms with van der Waals surface area (Å²) in [5, 5.41) is 2.65. The topological polar surface area (TPSA) is 92.8 Å². The molecular weight excluding hydrogens is 442 g/mol. The Bertz CT molecular complexity index is 1070. The Morgan fingerprint density at radius 2 is 1.81 bits per heavy atom. The van der Waals surface area contributed by atoms with Crippen molar-refractivity contribution in [3.8, 4) is 5.75 Å². The Kier molecular flexibility index (Phi) is 7.57. The standard InChI is InChI=1S/C22H24F2N2O5S/c1-15(27)16-9-11-18(12-10-16)32(29,30)26-13-5-4-7-19(26)21(28)25-14-17-6-2-3-8-20(17)31-22(23)24/h2-3,6,8-12,19,22H,4-5,7,13-14H2,1H3,(H,25,28). The highest BCUT2D eigenvalue weighted by atomic mass is 32.2. The van der Waals surface area contributed by atoms with Gasteiger partial charge in [0.05, 0.1) is 4.90 Å². The van der Waals surface area contributed by atoms with Gasteiger partial charge in [0.25, 0.3) is 0 Å². The van der Waals surface area contributed by atoms with Crippen LogP contribution in [0.3, 0.4) is 0 Å². The average molecular weight is 467 g/mol. The Labute approximate surface area is 185 Å². The van der Waals surface area contributed by atoms with Crippen LogP contribution < -0.4 is 10.1 Å². The largest absolute Gasteiger partial charge is 0.434 e. The van der Waals surface area contributed by atoms with Crippen LogP contribution in [0.2, 0.25) is 0 Å². The van der Waals surface area contributed by atoms with Crippen molar-refractivity contribution >= 4 is 21.7 Å². The molecule has 32 heavy (non-hydrogen) atoms. The summed E-state index contributed by atoms with van der Waals surface area (Å²) in [5.41, 5.74) is 0.743. The summed E-state index contributed by atoms with van der Waals surface area (Å²) in [6, 6.07) is 10.7. The van der Waals surface area contributed by atoms with Gasteiger partial charge in [-0.2, -0.15) is 13.1 Å². The van der Waals surface area contributed by atoms with Crippen LogP contribution in [-0.4, -0.2) is 43.6 Å². The molecule has 1 saturated heterocycles. The molecule has 1 fully saturated rings. The number of amides is 1. The van der Waals surface area contributed by atoms with Crippen molar-refractivity contribution < 1.29 is 31.5 Å². The number of rotatable bonds is 8. The molecule has 0 aromatic heterocycles. The summed E-state index contributed by atoms with van der Waals surface area (Å²) in [6.45, 7) is -1.52. The summed E-state index contributed by atoms with van der Waals surface area (Å²) >= 11 is 0. The molecule has 2 aromatic carbocycles. The maximum Gasteiger partial charge on any atom is 0.387 e. The molecule has 2 aromatic rings. The second kappa shape index (κ2) is 10.2. The van der Waals surface area contributed by atoms with E-state index in [4.69, 9.17) is 0 Å². The van der Waals surface area contributed by atoms with Gasteiger partial charge in [-0.25, -0.2) is 8.42 Å². The summed E-state index contributed by atoms with van der Waals surface area (Å²) in [7, 11) is -3.97. The minimum atomic E-state index is -3.97. The first-order valence-electron chi connectivity index (χ1n) is 10.1. The van der Waals surface area contributed by atoms with E-state index in [0.29, 0.717) is 30.4 Å². The number of hydrogen-bond acceptors (Lipinski definition) is 5. The fraction of sp³-hybridized carbons (Fsp3) is 0.364. The smallest absolute Gasteiger partial charge is 0.387 e. The van der Waals surface area contributed by atoms with Crippen LogP contribution in [0.25, 0.3) is 0 Å². The van der Waals surface area contributed by atoms with Gasteiger partial charge in [0.15, 0.2) is 5.78 Å². The highest BCUT2D eigenvalue weighted by molar-refractivity contribution is 7.89. The summed E-state index contributed by atoms with van der Waals surface area (Å²) in [6.07, 6.45) is 1.63. The van der Waals surface area contributed by atoms with Gasteiger partial charge in [0, 0.05) is 24.2 Å². The molecule has 1 N–H and O–H groups in total. The Morgan fingerprint density at radius 1 is 1.12 bits per heavy atom. The first-order valence-corrected chi connectivity index (χ1v) is 11.6. The Hall–Kier alpha value is -2.85. The SMILES string of the molecule is CC(=O)c1ccc(S(=O)(=O)N2CCCCC2C(=O)NCc2ccccc2OC(F)F)cc1. The van der Waals surface area contributed by atoms with Crippen LogP contribution in [0.5, 0.6) is 5.75 Å². The predicted molar refractivity (Wildman–Crippen MR) is 113 cm³/mol. The second-order valence-corrected chi connectivity index (χ2v) is 9.30. The monoisotopic (exact) mass is 466 g/mol. The molecule has 1 unspecified atom stereocenters. The van der Waals surface area contributed by atoms with E-state index in [2.05, 4.69) is 10.1 Å². The van der Waals surface area contributed by atoms with Crippen LogP contribution in [-0.2, 0) is 21.4 Å². The number of benzene rings is 2. The molecule has 0 aliphatic carbocycles. The molecule has 7 nitrogen and oxygen atoms in total. The molecule has 10 heteroatoms. The Balaban J connectivity index is 1.76. The molecule has 0 radical (unpaired) electrons. The third-order valence-electron chi connectivity index (χ3n) is 5.27. The van der Waals surface area contributed by atoms with Crippen molar-refractivity contribution in [2.45, 2.75) is 50.3 Å². The van der Waals surface area contributed by atoms with Crippen LogP contribution >= 0.6 is 0 Å². The van der Waals surface area contributed by atoms with Crippen molar-refractivity contribution in [3.63, 3.8) is 0 Å². The van der Waals surface area contributed by atoms with E-state index in [1.54, 1.807) is 12.1 Å². The quantitative estimate of drug-likeness (QED) is 0.603. The van der Waals surface area contributed by atoms with E-state index in [1.165, 1.54) is 43.3 Å². The van der Waals surface area contributed by atoms with Gasteiger partial charge in [0.1, 0.15) is 11.8 Å². The van der Waals surface area contributed by atoms with Gasteiger partial charge in [0.2, 0.25) is 15.9 Å². The number of ether oxygens (including phenoxy) is 1. The van der Waals surface area contributed by atoms with E-state index in [9.17, 15) is 26.8 Å². The van der Waals surface area contributed by atoms with E-state index < -0.39 is 28.6 Å². The number of para-hydroxylation sites is 1. The zero-order valence-corrected chi connectivity index (χ0v) is 18.3. The lowest BCUT2D eigenvalue weighted by molar-refractivity contribution is -0.125. The maximum absolute atomic E-state index is 13.2. The molecule has 0 spiro atoms.